The molecule has 0 N–H and O–H groups in total. The minimum Gasteiger partial charge on any atom is -0.310 e. The largest absolute Gasteiger partial charge is 0.310 e. The van der Waals surface area contributed by atoms with Gasteiger partial charge in [-0.2, -0.15) is 0 Å². The highest BCUT2D eigenvalue weighted by molar-refractivity contribution is 5.97. The summed E-state index contributed by atoms with van der Waals surface area (Å²) in [7, 11) is 0. The number of rotatable bonds is 8. The van der Waals surface area contributed by atoms with Crippen LogP contribution >= 0.6 is 0 Å². The van der Waals surface area contributed by atoms with E-state index in [-0.39, 0.29) is 0 Å². The highest BCUT2D eigenvalue weighted by atomic mass is 15.1. The van der Waals surface area contributed by atoms with Gasteiger partial charge in [-0.05, 0) is 103 Å². The Labute approximate surface area is 311 Å². The summed E-state index contributed by atoms with van der Waals surface area (Å²) in [6, 6.07) is 80.7. The van der Waals surface area contributed by atoms with Gasteiger partial charge in [0.15, 0.2) is 0 Å². The maximum atomic E-state index is 2.36. The summed E-state index contributed by atoms with van der Waals surface area (Å²) in [5.74, 6) is 0. The Morgan fingerprint density at radius 3 is 1.32 bits per heavy atom. The molecular weight excluding hydrogens is 639 g/mol. The molecule has 0 bridgehead atoms. The second-order valence-corrected chi connectivity index (χ2v) is 13.3. The molecule has 0 saturated heterocycles. The van der Waals surface area contributed by atoms with Crippen LogP contribution in [0.25, 0.3) is 66.4 Å². The molecule has 53 heavy (non-hydrogen) atoms. The van der Waals surface area contributed by atoms with Crippen LogP contribution in [0.3, 0.4) is 0 Å². The van der Waals surface area contributed by atoms with Gasteiger partial charge in [0.1, 0.15) is 0 Å². The first-order valence-corrected chi connectivity index (χ1v) is 18.2. The van der Waals surface area contributed by atoms with Gasteiger partial charge in [0.05, 0.1) is 0 Å². The number of anilines is 3. The Bertz CT molecular complexity index is 2620. The lowest BCUT2D eigenvalue weighted by Gasteiger charge is -2.27. The Morgan fingerprint density at radius 1 is 0.245 bits per heavy atom. The molecule has 0 aliphatic rings. The SMILES string of the molecule is c1ccc(-c2cccc(N(c3ccc(-c4cccc(-c5ccccc5)c4-c4ccccc4)cc3)c3ccc(-c4cccc5ccccc45)cc3)c2)cc1. The first-order chi connectivity index (χ1) is 26.3. The summed E-state index contributed by atoms with van der Waals surface area (Å²) in [6.45, 7) is 0. The second kappa shape index (κ2) is 14.3. The highest BCUT2D eigenvalue weighted by Crippen LogP contribution is 2.42. The van der Waals surface area contributed by atoms with Gasteiger partial charge < -0.3 is 4.90 Å². The average molecular weight is 676 g/mol. The third-order valence-electron chi connectivity index (χ3n) is 10.1. The van der Waals surface area contributed by atoms with E-state index in [2.05, 4.69) is 229 Å². The lowest BCUT2D eigenvalue weighted by atomic mass is 9.87. The molecule has 9 aromatic rings. The van der Waals surface area contributed by atoms with E-state index in [9.17, 15) is 0 Å². The molecule has 0 saturated carbocycles. The highest BCUT2D eigenvalue weighted by Gasteiger charge is 2.17. The summed E-state index contributed by atoms with van der Waals surface area (Å²) >= 11 is 0. The maximum Gasteiger partial charge on any atom is 0.0467 e. The smallest absolute Gasteiger partial charge is 0.0467 e. The topological polar surface area (TPSA) is 3.24 Å². The normalized spacial score (nSPS) is 11.0. The lowest BCUT2D eigenvalue weighted by Crippen LogP contribution is -2.10. The maximum absolute atomic E-state index is 2.36. The molecule has 0 heterocycles. The zero-order chi connectivity index (χ0) is 35.4. The van der Waals surface area contributed by atoms with Crippen LogP contribution in [-0.4, -0.2) is 0 Å². The number of fused-ring (bicyclic) bond motifs is 1. The zero-order valence-electron chi connectivity index (χ0n) is 29.3. The van der Waals surface area contributed by atoms with Crippen molar-refractivity contribution >= 4 is 27.8 Å². The molecule has 0 atom stereocenters. The van der Waals surface area contributed by atoms with Crippen molar-refractivity contribution in [3.05, 3.63) is 224 Å². The van der Waals surface area contributed by atoms with Gasteiger partial charge in [0.2, 0.25) is 0 Å². The third-order valence-corrected chi connectivity index (χ3v) is 10.1. The van der Waals surface area contributed by atoms with Crippen molar-refractivity contribution in [1.82, 2.24) is 0 Å². The van der Waals surface area contributed by atoms with Crippen molar-refractivity contribution in [2.45, 2.75) is 0 Å². The van der Waals surface area contributed by atoms with Gasteiger partial charge in [0.25, 0.3) is 0 Å². The number of hydrogen-bond acceptors (Lipinski definition) is 1. The molecule has 0 amide bonds. The van der Waals surface area contributed by atoms with Gasteiger partial charge in [-0.3, -0.25) is 0 Å². The zero-order valence-corrected chi connectivity index (χ0v) is 29.3. The van der Waals surface area contributed by atoms with Gasteiger partial charge in [0, 0.05) is 17.1 Å². The third kappa shape index (κ3) is 6.42. The molecule has 9 rings (SSSR count). The van der Waals surface area contributed by atoms with Crippen molar-refractivity contribution in [2.75, 3.05) is 4.90 Å². The Balaban J connectivity index is 1.15. The molecule has 0 aliphatic carbocycles. The van der Waals surface area contributed by atoms with E-state index in [0.29, 0.717) is 0 Å². The fraction of sp³-hybridized carbons (Fsp3) is 0. The number of benzene rings is 9. The predicted octanol–water partition coefficient (Wildman–Crippen LogP) is 14.6. The number of hydrogen-bond donors (Lipinski definition) is 0. The van der Waals surface area contributed by atoms with Crippen molar-refractivity contribution in [2.24, 2.45) is 0 Å². The van der Waals surface area contributed by atoms with E-state index in [0.717, 1.165) is 17.1 Å². The molecule has 1 heteroatoms. The van der Waals surface area contributed by atoms with Crippen LogP contribution in [-0.2, 0) is 0 Å². The van der Waals surface area contributed by atoms with E-state index in [1.54, 1.807) is 0 Å². The van der Waals surface area contributed by atoms with Crippen LogP contribution in [0.2, 0.25) is 0 Å². The lowest BCUT2D eigenvalue weighted by molar-refractivity contribution is 1.28. The monoisotopic (exact) mass is 675 g/mol. The van der Waals surface area contributed by atoms with Gasteiger partial charge in [-0.15, -0.1) is 0 Å². The quantitative estimate of drug-likeness (QED) is 0.155. The van der Waals surface area contributed by atoms with Crippen LogP contribution < -0.4 is 4.90 Å². The summed E-state index contributed by atoms with van der Waals surface area (Å²) in [6.07, 6.45) is 0. The molecule has 0 unspecified atom stereocenters. The summed E-state index contributed by atoms with van der Waals surface area (Å²) < 4.78 is 0. The van der Waals surface area contributed by atoms with Gasteiger partial charge in [-0.1, -0.05) is 188 Å². The Hall–Kier alpha value is -6.96. The number of nitrogens with zero attached hydrogens (tertiary/aromatic N) is 1. The fourth-order valence-electron chi connectivity index (χ4n) is 7.53. The molecule has 0 radical (unpaired) electrons. The molecule has 0 aromatic heterocycles. The van der Waals surface area contributed by atoms with Crippen LogP contribution in [0.15, 0.2) is 224 Å². The first-order valence-electron chi connectivity index (χ1n) is 18.2. The Kier molecular flexibility index (Phi) is 8.66. The molecule has 0 aliphatic heterocycles. The van der Waals surface area contributed by atoms with Crippen molar-refractivity contribution in [3.63, 3.8) is 0 Å². The van der Waals surface area contributed by atoms with Crippen molar-refractivity contribution in [3.8, 4) is 55.6 Å². The fourth-order valence-corrected chi connectivity index (χ4v) is 7.53. The summed E-state index contributed by atoms with van der Waals surface area (Å²) in [4.78, 5) is 2.36. The first kappa shape index (κ1) is 32.0. The summed E-state index contributed by atoms with van der Waals surface area (Å²) in [5.41, 5.74) is 15.4. The van der Waals surface area contributed by atoms with E-state index < -0.39 is 0 Å². The molecular formula is C52H37N. The second-order valence-electron chi connectivity index (χ2n) is 13.3. The van der Waals surface area contributed by atoms with Crippen molar-refractivity contribution in [1.29, 1.82) is 0 Å². The van der Waals surface area contributed by atoms with Gasteiger partial charge in [-0.25, -0.2) is 0 Å². The Morgan fingerprint density at radius 2 is 0.679 bits per heavy atom. The van der Waals surface area contributed by atoms with Crippen molar-refractivity contribution < 1.29 is 0 Å². The minimum absolute atomic E-state index is 1.09. The molecule has 0 spiro atoms. The van der Waals surface area contributed by atoms with Crippen LogP contribution in [0.5, 0.6) is 0 Å². The van der Waals surface area contributed by atoms with E-state index >= 15 is 0 Å². The van der Waals surface area contributed by atoms with Crippen LogP contribution in [0, 0.1) is 0 Å². The standard InChI is InChI=1S/C52H37N/c1-4-15-38(16-5-1)44-23-12-24-47(37-44)53(45-33-29-41(30-34-45)49-26-13-22-39-19-10-11-25-48(39)49)46-35-31-42(32-36-46)51-28-14-27-50(40-17-6-2-7-18-40)52(51)43-20-8-3-9-21-43/h1-37H. The summed E-state index contributed by atoms with van der Waals surface area (Å²) in [5, 5.41) is 2.51. The average Bonchev–Trinajstić information content (AvgIpc) is 3.25. The van der Waals surface area contributed by atoms with Crippen LogP contribution in [0.1, 0.15) is 0 Å². The molecule has 250 valence electrons. The van der Waals surface area contributed by atoms with Crippen LogP contribution in [0.4, 0.5) is 17.1 Å². The van der Waals surface area contributed by atoms with E-state index in [1.165, 1.54) is 66.4 Å². The van der Waals surface area contributed by atoms with E-state index in [1.807, 2.05) is 0 Å². The predicted molar refractivity (Wildman–Crippen MR) is 226 cm³/mol. The van der Waals surface area contributed by atoms with E-state index in [4.69, 9.17) is 0 Å². The molecule has 0 fully saturated rings. The minimum atomic E-state index is 1.09. The molecule has 9 aromatic carbocycles. The molecule has 1 nitrogen and oxygen atoms in total. The van der Waals surface area contributed by atoms with Gasteiger partial charge >= 0.3 is 0 Å².